The normalized spacial score (nSPS) is 13.8. The molecule has 2 amide bonds. The Hall–Kier alpha value is -4.22. The molecule has 196 valence electrons. The maximum Gasteiger partial charge on any atom is 0.418 e. The van der Waals surface area contributed by atoms with E-state index in [1.165, 1.54) is 44.4 Å². The minimum Gasteiger partial charge on any atom is -0.493 e. The average molecular weight is 518 g/mol. The Morgan fingerprint density at radius 1 is 0.892 bits per heavy atom. The number of hydrogen-bond acceptors (Lipinski definition) is 7. The van der Waals surface area contributed by atoms with E-state index in [-0.39, 0.29) is 5.69 Å². The number of amides is 2. The van der Waals surface area contributed by atoms with E-state index in [2.05, 4.69) is 15.5 Å². The van der Waals surface area contributed by atoms with Gasteiger partial charge < -0.3 is 29.3 Å². The van der Waals surface area contributed by atoms with Crippen molar-refractivity contribution >= 4 is 17.5 Å². The second-order valence-electron chi connectivity index (χ2n) is 8.14. The molecule has 37 heavy (non-hydrogen) atoms. The van der Waals surface area contributed by atoms with Gasteiger partial charge in [0.15, 0.2) is 17.3 Å². The van der Waals surface area contributed by atoms with E-state index >= 15 is 0 Å². The summed E-state index contributed by atoms with van der Waals surface area (Å²) >= 11 is 0. The third-order valence-corrected chi connectivity index (χ3v) is 5.98. The number of halogens is 3. The zero-order valence-corrected chi connectivity index (χ0v) is 20.5. The summed E-state index contributed by atoms with van der Waals surface area (Å²) in [6, 6.07) is 11.5. The molecule has 0 bridgehead atoms. The molecule has 1 aliphatic rings. The molecule has 2 heterocycles. The van der Waals surface area contributed by atoms with Crippen molar-refractivity contribution in [3.63, 3.8) is 0 Å². The molecule has 1 N–H and O–H groups in total. The maximum atomic E-state index is 13.2. The second kappa shape index (κ2) is 10.8. The van der Waals surface area contributed by atoms with Gasteiger partial charge in [0, 0.05) is 31.7 Å². The van der Waals surface area contributed by atoms with Gasteiger partial charge in [-0.3, -0.25) is 0 Å². The SMILES string of the molecule is COc1cc(-c2ccc(N3CCN(C(=O)Nc4ccccc4C(F)(F)F)CC3)nn2)cc(OC)c1OC. The molecule has 0 atom stereocenters. The number of ether oxygens (including phenoxy) is 3. The molecular formula is C25H26F3N5O4. The fraction of sp³-hybridized carbons (Fsp3) is 0.320. The smallest absolute Gasteiger partial charge is 0.418 e. The third-order valence-electron chi connectivity index (χ3n) is 5.98. The fourth-order valence-electron chi connectivity index (χ4n) is 4.05. The molecule has 1 aromatic heterocycles. The third kappa shape index (κ3) is 5.63. The van der Waals surface area contributed by atoms with E-state index in [0.717, 1.165) is 11.6 Å². The maximum absolute atomic E-state index is 13.2. The summed E-state index contributed by atoms with van der Waals surface area (Å²) in [5, 5.41) is 11.0. The minimum absolute atomic E-state index is 0.268. The number of aromatic nitrogens is 2. The highest BCUT2D eigenvalue weighted by molar-refractivity contribution is 5.90. The Kier molecular flexibility index (Phi) is 7.55. The number of benzene rings is 2. The molecule has 9 nitrogen and oxygen atoms in total. The zero-order valence-electron chi connectivity index (χ0n) is 20.5. The number of urea groups is 1. The van der Waals surface area contributed by atoms with Crippen molar-refractivity contribution < 1.29 is 32.2 Å². The van der Waals surface area contributed by atoms with Gasteiger partial charge in [0.1, 0.15) is 0 Å². The van der Waals surface area contributed by atoms with E-state index in [9.17, 15) is 18.0 Å². The molecule has 4 rings (SSSR count). The minimum atomic E-state index is -4.56. The van der Waals surface area contributed by atoms with Crippen molar-refractivity contribution in [2.75, 3.05) is 57.7 Å². The molecule has 1 fully saturated rings. The number of nitrogens with zero attached hydrogens (tertiary/aromatic N) is 4. The monoisotopic (exact) mass is 517 g/mol. The van der Waals surface area contributed by atoms with Crippen LogP contribution in [0.5, 0.6) is 17.2 Å². The Balaban J connectivity index is 1.41. The molecule has 1 saturated heterocycles. The van der Waals surface area contributed by atoms with Gasteiger partial charge in [-0.15, -0.1) is 10.2 Å². The van der Waals surface area contributed by atoms with Crippen LogP contribution in [0.15, 0.2) is 48.5 Å². The first-order valence-electron chi connectivity index (χ1n) is 11.4. The molecule has 0 saturated carbocycles. The molecular weight excluding hydrogens is 491 g/mol. The van der Waals surface area contributed by atoms with Crippen LogP contribution >= 0.6 is 0 Å². The van der Waals surface area contributed by atoms with Crippen LogP contribution in [0, 0.1) is 0 Å². The Morgan fingerprint density at radius 2 is 1.54 bits per heavy atom. The summed E-state index contributed by atoms with van der Waals surface area (Å²) in [6.07, 6.45) is -4.56. The van der Waals surface area contributed by atoms with Crippen molar-refractivity contribution in [3.8, 4) is 28.5 Å². The number of para-hydroxylation sites is 1. The topological polar surface area (TPSA) is 89.1 Å². The van der Waals surface area contributed by atoms with E-state index < -0.39 is 17.8 Å². The quantitative estimate of drug-likeness (QED) is 0.514. The lowest BCUT2D eigenvalue weighted by atomic mass is 10.1. The number of carbonyl (C=O) groups excluding carboxylic acids is 1. The molecule has 0 unspecified atom stereocenters. The average Bonchev–Trinajstić information content (AvgIpc) is 2.92. The molecule has 0 radical (unpaired) electrons. The lowest BCUT2D eigenvalue weighted by Gasteiger charge is -2.35. The number of methoxy groups -OCH3 is 3. The predicted octanol–water partition coefficient (Wildman–Crippen LogP) is 4.54. The molecule has 0 aliphatic carbocycles. The largest absolute Gasteiger partial charge is 0.493 e. The van der Waals surface area contributed by atoms with Crippen molar-refractivity contribution in [2.45, 2.75) is 6.18 Å². The van der Waals surface area contributed by atoms with Crippen LogP contribution in [0.1, 0.15) is 5.56 Å². The van der Waals surface area contributed by atoms with Crippen molar-refractivity contribution in [3.05, 3.63) is 54.1 Å². The summed E-state index contributed by atoms with van der Waals surface area (Å²) in [7, 11) is 4.59. The highest BCUT2D eigenvalue weighted by Gasteiger charge is 2.34. The lowest BCUT2D eigenvalue weighted by molar-refractivity contribution is -0.136. The summed E-state index contributed by atoms with van der Waals surface area (Å²) in [5.41, 5.74) is 0.179. The predicted molar refractivity (Wildman–Crippen MR) is 131 cm³/mol. The second-order valence-corrected chi connectivity index (χ2v) is 8.14. The molecule has 2 aromatic carbocycles. The van der Waals surface area contributed by atoms with Crippen LogP contribution in [-0.4, -0.2) is 68.6 Å². The van der Waals surface area contributed by atoms with Crippen molar-refractivity contribution in [2.24, 2.45) is 0 Å². The molecule has 0 spiro atoms. The highest BCUT2D eigenvalue weighted by atomic mass is 19.4. The van der Waals surface area contributed by atoms with Crippen LogP contribution in [-0.2, 0) is 6.18 Å². The number of rotatable bonds is 6. The van der Waals surface area contributed by atoms with E-state index in [1.807, 2.05) is 17.0 Å². The number of piperazine rings is 1. The number of hydrogen-bond donors (Lipinski definition) is 1. The van der Waals surface area contributed by atoms with Crippen molar-refractivity contribution in [1.29, 1.82) is 0 Å². The fourth-order valence-corrected chi connectivity index (χ4v) is 4.05. The Bertz CT molecular complexity index is 1220. The zero-order chi connectivity index (χ0) is 26.6. The number of carbonyl (C=O) groups is 1. The first-order valence-corrected chi connectivity index (χ1v) is 11.4. The van der Waals surface area contributed by atoms with Gasteiger partial charge in [-0.1, -0.05) is 12.1 Å². The first kappa shape index (κ1) is 25.9. The van der Waals surface area contributed by atoms with E-state index in [1.54, 1.807) is 12.1 Å². The van der Waals surface area contributed by atoms with Crippen LogP contribution in [0.25, 0.3) is 11.3 Å². The standard InChI is InChI=1S/C25H26F3N5O4/c1-35-20-14-16(15-21(36-2)23(20)37-3)18-8-9-22(31-30-18)32-10-12-33(13-11-32)24(34)29-19-7-5-4-6-17(19)25(26,27)28/h4-9,14-15H,10-13H2,1-3H3,(H,29,34). The van der Waals surface area contributed by atoms with E-state index in [0.29, 0.717) is 54.9 Å². The van der Waals surface area contributed by atoms with Gasteiger partial charge in [-0.2, -0.15) is 13.2 Å². The lowest BCUT2D eigenvalue weighted by Crippen LogP contribution is -2.50. The molecule has 1 aliphatic heterocycles. The van der Waals surface area contributed by atoms with Gasteiger partial charge >= 0.3 is 12.2 Å². The van der Waals surface area contributed by atoms with Crippen molar-refractivity contribution in [1.82, 2.24) is 15.1 Å². The Morgan fingerprint density at radius 3 is 2.08 bits per heavy atom. The summed E-state index contributed by atoms with van der Waals surface area (Å²) in [6.45, 7) is 1.53. The number of alkyl halides is 3. The van der Waals surface area contributed by atoms with Gasteiger partial charge in [-0.05, 0) is 36.4 Å². The van der Waals surface area contributed by atoms with Crippen LogP contribution < -0.4 is 24.4 Å². The van der Waals surface area contributed by atoms with Gasteiger partial charge in [0.05, 0.1) is 38.3 Å². The van der Waals surface area contributed by atoms with Crippen LogP contribution in [0.2, 0.25) is 0 Å². The summed E-state index contributed by atoms with van der Waals surface area (Å²) in [4.78, 5) is 16.0. The highest BCUT2D eigenvalue weighted by Crippen LogP contribution is 2.41. The molecule has 12 heteroatoms. The number of anilines is 2. The van der Waals surface area contributed by atoms with E-state index in [4.69, 9.17) is 14.2 Å². The summed E-state index contributed by atoms with van der Waals surface area (Å²) in [5.74, 6) is 2.09. The van der Waals surface area contributed by atoms with Crippen LogP contribution in [0.3, 0.4) is 0 Å². The first-order chi connectivity index (χ1) is 17.7. The number of nitrogens with one attached hydrogen (secondary N) is 1. The van der Waals surface area contributed by atoms with Gasteiger partial charge in [0.25, 0.3) is 0 Å². The van der Waals surface area contributed by atoms with Gasteiger partial charge in [-0.25, -0.2) is 4.79 Å². The summed E-state index contributed by atoms with van der Waals surface area (Å²) < 4.78 is 55.8. The van der Waals surface area contributed by atoms with Crippen LogP contribution in [0.4, 0.5) is 29.5 Å². The molecule has 3 aromatic rings. The Labute approximate surface area is 211 Å². The van der Waals surface area contributed by atoms with Gasteiger partial charge in [0.2, 0.25) is 5.75 Å².